The third kappa shape index (κ3) is 5.61. The Labute approximate surface area is 174 Å². The zero-order chi connectivity index (χ0) is 19.9. The van der Waals surface area contributed by atoms with Crippen molar-refractivity contribution in [2.24, 2.45) is 0 Å². The van der Waals surface area contributed by atoms with Gasteiger partial charge in [-0.25, -0.2) is 0 Å². The van der Waals surface area contributed by atoms with E-state index in [1.54, 1.807) is 0 Å². The van der Waals surface area contributed by atoms with Crippen LogP contribution in [0.3, 0.4) is 0 Å². The van der Waals surface area contributed by atoms with E-state index in [1.165, 1.54) is 16.9 Å². The van der Waals surface area contributed by atoms with Crippen LogP contribution in [0.1, 0.15) is 39.8 Å². The second kappa shape index (κ2) is 9.78. The highest BCUT2D eigenvalue weighted by atomic mass is 35.5. The maximum atomic E-state index is 12.4. The number of anilines is 1. The molecule has 0 aliphatic carbocycles. The van der Waals surface area contributed by atoms with Crippen LogP contribution in [-0.4, -0.2) is 27.5 Å². The highest BCUT2D eigenvalue weighted by Crippen LogP contribution is 2.18. The van der Waals surface area contributed by atoms with Crippen molar-refractivity contribution in [1.29, 1.82) is 0 Å². The fourth-order valence-corrected chi connectivity index (χ4v) is 3.77. The number of aryl methyl sites for hydroxylation is 1. The minimum Gasteiger partial charge on any atom is -0.320 e. The predicted octanol–water partition coefficient (Wildman–Crippen LogP) is 5.03. The Morgan fingerprint density at radius 1 is 1.07 bits per heavy atom. The Balaban J connectivity index is 1.60. The van der Waals surface area contributed by atoms with E-state index in [0.29, 0.717) is 11.6 Å². The monoisotopic (exact) mass is 414 g/mol. The normalized spacial score (nSPS) is 11.0. The average molecular weight is 415 g/mol. The van der Waals surface area contributed by atoms with E-state index < -0.39 is 0 Å². The second-order valence-corrected chi connectivity index (χ2v) is 7.94. The Kier molecular flexibility index (Phi) is 7.14. The lowest BCUT2D eigenvalue weighted by Crippen LogP contribution is -2.22. The van der Waals surface area contributed by atoms with E-state index >= 15 is 0 Å². The zero-order valence-electron chi connectivity index (χ0n) is 16.0. The first-order chi connectivity index (χ1) is 13.6. The number of carbonyl (C=O) groups excluding carboxylic acids is 1. The third-order valence-corrected chi connectivity index (χ3v) is 5.52. The van der Waals surface area contributed by atoms with Crippen molar-refractivity contribution in [1.82, 2.24) is 15.1 Å². The minimum atomic E-state index is -0.231. The summed E-state index contributed by atoms with van der Waals surface area (Å²) >= 11 is 7.39. The lowest BCUT2D eigenvalue weighted by Gasteiger charge is -2.18. The fourth-order valence-electron chi connectivity index (χ4n) is 2.78. The van der Waals surface area contributed by atoms with Gasteiger partial charge >= 0.3 is 0 Å². The summed E-state index contributed by atoms with van der Waals surface area (Å²) in [4.78, 5) is 14.7. The van der Waals surface area contributed by atoms with Gasteiger partial charge in [0.1, 0.15) is 5.01 Å². The zero-order valence-corrected chi connectivity index (χ0v) is 17.6. The molecule has 7 heteroatoms. The number of benzene rings is 2. The minimum absolute atomic E-state index is 0.231. The first-order valence-electron chi connectivity index (χ1n) is 9.26. The molecule has 0 fully saturated rings. The SMILES string of the molecule is CCc1ccc(NC(=O)c2nnc(CN(CC)Cc3cccc(Cl)c3)s2)cc1. The van der Waals surface area contributed by atoms with E-state index in [1.807, 2.05) is 42.5 Å². The van der Waals surface area contributed by atoms with Gasteiger partial charge in [0.15, 0.2) is 0 Å². The molecular weight excluding hydrogens is 392 g/mol. The van der Waals surface area contributed by atoms with Crippen molar-refractivity contribution in [3.8, 4) is 0 Å². The summed E-state index contributed by atoms with van der Waals surface area (Å²) in [6.45, 7) is 6.46. The Morgan fingerprint density at radius 3 is 2.54 bits per heavy atom. The van der Waals surface area contributed by atoms with Crippen LogP contribution in [0, 0.1) is 0 Å². The summed E-state index contributed by atoms with van der Waals surface area (Å²) in [7, 11) is 0. The third-order valence-electron chi connectivity index (χ3n) is 4.38. The number of carbonyl (C=O) groups is 1. The molecule has 2 aromatic carbocycles. The first kappa shape index (κ1) is 20.5. The standard InChI is InChI=1S/C21H23ClN4OS/c1-3-15-8-10-18(11-9-15)23-20(27)21-25-24-19(28-21)14-26(4-2)13-16-6-5-7-17(22)12-16/h5-12H,3-4,13-14H2,1-2H3,(H,23,27). The lowest BCUT2D eigenvalue weighted by molar-refractivity contribution is 0.102. The molecule has 1 heterocycles. The van der Waals surface area contributed by atoms with Crippen molar-refractivity contribution < 1.29 is 4.79 Å². The van der Waals surface area contributed by atoms with Crippen LogP contribution in [0.15, 0.2) is 48.5 Å². The molecule has 0 unspecified atom stereocenters. The predicted molar refractivity (Wildman–Crippen MR) is 115 cm³/mol. The summed E-state index contributed by atoms with van der Waals surface area (Å²) in [6, 6.07) is 15.7. The lowest BCUT2D eigenvalue weighted by atomic mass is 10.1. The summed E-state index contributed by atoms with van der Waals surface area (Å²) in [6.07, 6.45) is 0.969. The van der Waals surface area contributed by atoms with E-state index in [4.69, 9.17) is 11.6 Å². The Hall–Kier alpha value is -2.28. The van der Waals surface area contributed by atoms with Gasteiger partial charge in [-0.3, -0.25) is 9.69 Å². The second-order valence-electron chi connectivity index (χ2n) is 6.44. The molecule has 1 aromatic heterocycles. The van der Waals surface area contributed by atoms with Crippen LogP contribution in [0.2, 0.25) is 5.02 Å². The number of nitrogens with one attached hydrogen (secondary N) is 1. The summed E-state index contributed by atoms with van der Waals surface area (Å²) in [5.41, 5.74) is 3.14. The van der Waals surface area contributed by atoms with Crippen LogP contribution in [0.25, 0.3) is 0 Å². The average Bonchev–Trinajstić information content (AvgIpc) is 3.17. The maximum absolute atomic E-state index is 12.4. The molecule has 0 spiro atoms. The molecule has 3 rings (SSSR count). The molecule has 1 N–H and O–H groups in total. The number of hydrogen-bond acceptors (Lipinski definition) is 5. The van der Waals surface area contributed by atoms with Gasteiger partial charge in [0.05, 0.1) is 6.54 Å². The molecule has 0 saturated carbocycles. The van der Waals surface area contributed by atoms with Gasteiger partial charge in [-0.2, -0.15) is 0 Å². The number of nitrogens with zero attached hydrogens (tertiary/aromatic N) is 3. The van der Waals surface area contributed by atoms with Gasteiger partial charge in [0, 0.05) is 17.3 Å². The summed E-state index contributed by atoms with van der Waals surface area (Å²) < 4.78 is 0. The molecule has 28 heavy (non-hydrogen) atoms. The number of hydrogen-bond donors (Lipinski definition) is 1. The quantitative estimate of drug-likeness (QED) is 0.561. The molecule has 0 bridgehead atoms. The Bertz CT molecular complexity index is 926. The van der Waals surface area contributed by atoms with Crippen molar-refractivity contribution in [3.63, 3.8) is 0 Å². The Morgan fingerprint density at radius 2 is 1.86 bits per heavy atom. The van der Waals surface area contributed by atoms with Crippen LogP contribution in [-0.2, 0) is 19.5 Å². The van der Waals surface area contributed by atoms with Gasteiger partial charge in [-0.05, 0) is 48.4 Å². The van der Waals surface area contributed by atoms with Crippen molar-refractivity contribution in [2.75, 3.05) is 11.9 Å². The van der Waals surface area contributed by atoms with Crippen molar-refractivity contribution in [2.45, 2.75) is 33.4 Å². The number of rotatable bonds is 8. The highest BCUT2D eigenvalue weighted by molar-refractivity contribution is 7.13. The molecule has 0 atom stereocenters. The smallest absolute Gasteiger partial charge is 0.286 e. The van der Waals surface area contributed by atoms with Crippen LogP contribution >= 0.6 is 22.9 Å². The van der Waals surface area contributed by atoms with Gasteiger partial charge in [0.25, 0.3) is 5.91 Å². The molecule has 146 valence electrons. The molecule has 0 aliphatic rings. The molecule has 0 aliphatic heterocycles. The maximum Gasteiger partial charge on any atom is 0.286 e. The molecule has 0 radical (unpaired) electrons. The molecule has 5 nitrogen and oxygen atoms in total. The van der Waals surface area contributed by atoms with E-state index in [9.17, 15) is 4.79 Å². The molecule has 0 saturated heterocycles. The van der Waals surface area contributed by atoms with Crippen LogP contribution in [0.5, 0.6) is 0 Å². The highest BCUT2D eigenvalue weighted by Gasteiger charge is 2.15. The summed E-state index contributed by atoms with van der Waals surface area (Å²) in [5.74, 6) is -0.231. The van der Waals surface area contributed by atoms with Crippen LogP contribution < -0.4 is 5.32 Å². The van der Waals surface area contributed by atoms with Crippen LogP contribution in [0.4, 0.5) is 5.69 Å². The number of amides is 1. The molecular formula is C21H23ClN4OS. The topological polar surface area (TPSA) is 58.1 Å². The van der Waals surface area contributed by atoms with Gasteiger partial charge < -0.3 is 5.32 Å². The van der Waals surface area contributed by atoms with E-state index in [0.717, 1.165) is 40.8 Å². The largest absolute Gasteiger partial charge is 0.320 e. The van der Waals surface area contributed by atoms with Gasteiger partial charge in [-0.15, -0.1) is 10.2 Å². The van der Waals surface area contributed by atoms with Gasteiger partial charge in [0.2, 0.25) is 5.01 Å². The van der Waals surface area contributed by atoms with E-state index in [2.05, 4.69) is 40.3 Å². The van der Waals surface area contributed by atoms with Crippen molar-refractivity contribution in [3.05, 3.63) is 74.7 Å². The summed E-state index contributed by atoms with van der Waals surface area (Å²) in [5, 5.41) is 13.0. The fraction of sp³-hybridized carbons (Fsp3) is 0.286. The van der Waals surface area contributed by atoms with Gasteiger partial charge in [-0.1, -0.05) is 61.1 Å². The number of halogens is 1. The first-order valence-corrected chi connectivity index (χ1v) is 10.5. The number of aromatic nitrogens is 2. The van der Waals surface area contributed by atoms with Crippen molar-refractivity contribution >= 4 is 34.5 Å². The van der Waals surface area contributed by atoms with E-state index in [-0.39, 0.29) is 5.91 Å². The molecule has 3 aromatic rings. The molecule has 1 amide bonds.